The molecule has 128 valence electrons. The largest absolute Gasteiger partial charge is 0.378 e. The summed E-state index contributed by atoms with van der Waals surface area (Å²) in [6, 6.07) is 6.39. The van der Waals surface area contributed by atoms with Crippen molar-refractivity contribution in [3.8, 4) is 0 Å². The fourth-order valence-electron chi connectivity index (χ4n) is 3.16. The standard InChI is InChI=1S/C17H22N4O2S/c1-2-14(24-11-1)12-21-7-10-23-13-15(21)17-18-4-3-16(19-17)20-5-8-22-9-6-20/h1-4,11,15H,5-10,12-13H2/t15-/m1/s1. The monoisotopic (exact) mass is 346 g/mol. The number of hydrogen-bond acceptors (Lipinski definition) is 7. The Hall–Kier alpha value is -1.54. The molecule has 7 heteroatoms. The highest BCUT2D eigenvalue weighted by molar-refractivity contribution is 7.09. The quantitative estimate of drug-likeness (QED) is 0.843. The molecule has 0 N–H and O–H groups in total. The maximum atomic E-state index is 5.72. The molecule has 1 atom stereocenters. The zero-order valence-electron chi connectivity index (χ0n) is 13.6. The predicted octanol–water partition coefficient (Wildman–Crippen LogP) is 1.95. The number of anilines is 1. The lowest BCUT2D eigenvalue weighted by atomic mass is 10.2. The smallest absolute Gasteiger partial charge is 0.150 e. The van der Waals surface area contributed by atoms with Gasteiger partial charge in [0, 0.05) is 37.3 Å². The van der Waals surface area contributed by atoms with Gasteiger partial charge < -0.3 is 14.4 Å². The number of ether oxygens (including phenoxy) is 2. The molecule has 0 bridgehead atoms. The highest BCUT2D eigenvalue weighted by Gasteiger charge is 2.28. The molecule has 2 aromatic heterocycles. The third-order valence-electron chi connectivity index (χ3n) is 4.47. The van der Waals surface area contributed by atoms with Gasteiger partial charge >= 0.3 is 0 Å². The summed E-state index contributed by atoms with van der Waals surface area (Å²) in [5, 5.41) is 2.13. The van der Waals surface area contributed by atoms with Gasteiger partial charge in [0.25, 0.3) is 0 Å². The van der Waals surface area contributed by atoms with Gasteiger partial charge in [0.05, 0.1) is 32.5 Å². The fraction of sp³-hybridized carbons (Fsp3) is 0.529. The van der Waals surface area contributed by atoms with Crippen LogP contribution < -0.4 is 4.90 Å². The Morgan fingerprint density at radius 3 is 2.83 bits per heavy atom. The normalized spacial score (nSPS) is 22.7. The molecule has 0 radical (unpaired) electrons. The second kappa shape index (κ2) is 7.57. The zero-order chi connectivity index (χ0) is 16.2. The Morgan fingerprint density at radius 2 is 2.00 bits per heavy atom. The summed E-state index contributed by atoms with van der Waals surface area (Å²) in [5.41, 5.74) is 0. The van der Waals surface area contributed by atoms with E-state index in [1.165, 1.54) is 4.88 Å². The van der Waals surface area contributed by atoms with Crippen LogP contribution in [0.5, 0.6) is 0 Å². The van der Waals surface area contributed by atoms with Gasteiger partial charge in [-0.2, -0.15) is 0 Å². The van der Waals surface area contributed by atoms with Crippen LogP contribution in [0.4, 0.5) is 5.82 Å². The van der Waals surface area contributed by atoms with Crippen LogP contribution >= 0.6 is 11.3 Å². The van der Waals surface area contributed by atoms with E-state index in [1.807, 2.05) is 12.3 Å². The molecule has 2 fully saturated rings. The van der Waals surface area contributed by atoms with Gasteiger partial charge in [0.15, 0.2) is 0 Å². The van der Waals surface area contributed by atoms with Gasteiger partial charge in [-0.1, -0.05) is 6.07 Å². The lowest BCUT2D eigenvalue weighted by Crippen LogP contribution is -2.40. The molecule has 6 nitrogen and oxygen atoms in total. The lowest BCUT2D eigenvalue weighted by molar-refractivity contribution is -0.0154. The topological polar surface area (TPSA) is 50.7 Å². The Labute approximate surface area is 146 Å². The van der Waals surface area contributed by atoms with Crippen LogP contribution in [0.2, 0.25) is 0 Å². The zero-order valence-corrected chi connectivity index (χ0v) is 14.5. The van der Waals surface area contributed by atoms with Gasteiger partial charge in [0.2, 0.25) is 0 Å². The van der Waals surface area contributed by atoms with E-state index in [4.69, 9.17) is 14.5 Å². The number of thiophene rings is 1. The first-order valence-electron chi connectivity index (χ1n) is 8.40. The minimum atomic E-state index is 0.113. The van der Waals surface area contributed by atoms with Crippen LogP contribution in [0, 0.1) is 0 Å². The Balaban J connectivity index is 1.53. The van der Waals surface area contributed by atoms with Gasteiger partial charge in [-0.05, 0) is 17.5 Å². The van der Waals surface area contributed by atoms with E-state index in [2.05, 4.69) is 32.3 Å². The van der Waals surface area contributed by atoms with Crippen molar-refractivity contribution in [1.82, 2.24) is 14.9 Å². The molecule has 2 aromatic rings. The van der Waals surface area contributed by atoms with Crippen molar-refractivity contribution in [1.29, 1.82) is 0 Å². The highest BCUT2D eigenvalue weighted by atomic mass is 32.1. The molecule has 0 unspecified atom stereocenters. The minimum absolute atomic E-state index is 0.113. The molecule has 0 aromatic carbocycles. The number of hydrogen-bond donors (Lipinski definition) is 0. The summed E-state index contributed by atoms with van der Waals surface area (Å²) < 4.78 is 11.2. The first-order chi connectivity index (χ1) is 11.9. The van der Waals surface area contributed by atoms with Crippen LogP contribution in [0.1, 0.15) is 16.7 Å². The van der Waals surface area contributed by atoms with Crippen molar-refractivity contribution >= 4 is 17.2 Å². The van der Waals surface area contributed by atoms with E-state index in [-0.39, 0.29) is 6.04 Å². The fourth-order valence-corrected chi connectivity index (χ4v) is 3.89. The number of rotatable bonds is 4. The Morgan fingerprint density at radius 1 is 1.12 bits per heavy atom. The van der Waals surface area contributed by atoms with Crippen LogP contribution in [-0.2, 0) is 16.0 Å². The average molecular weight is 346 g/mol. The van der Waals surface area contributed by atoms with Gasteiger partial charge in [-0.3, -0.25) is 4.90 Å². The summed E-state index contributed by atoms with van der Waals surface area (Å²) >= 11 is 1.79. The van der Waals surface area contributed by atoms with E-state index >= 15 is 0 Å². The van der Waals surface area contributed by atoms with Crippen LogP contribution in [0.25, 0.3) is 0 Å². The SMILES string of the molecule is c1csc(CN2CCOC[C@@H]2c2nccc(N3CCOCC3)n2)c1. The average Bonchev–Trinajstić information content (AvgIpc) is 3.16. The van der Waals surface area contributed by atoms with E-state index in [0.717, 1.165) is 57.6 Å². The summed E-state index contributed by atoms with van der Waals surface area (Å²) in [4.78, 5) is 15.4. The molecule has 0 amide bonds. The molecule has 2 aliphatic rings. The van der Waals surface area contributed by atoms with Crippen LogP contribution in [-0.4, -0.2) is 60.9 Å². The van der Waals surface area contributed by atoms with Crippen molar-refractivity contribution in [2.45, 2.75) is 12.6 Å². The molecule has 0 spiro atoms. The van der Waals surface area contributed by atoms with Crippen molar-refractivity contribution in [2.75, 3.05) is 51.0 Å². The molecular weight excluding hydrogens is 324 g/mol. The van der Waals surface area contributed by atoms with E-state index in [9.17, 15) is 0 Å². The molecule has 2 aliphatic heterocycles. The lowest BCUT2D eigenvalue weighted by Gasteiger charge is -2.35. The molecule has 24 heavy (non-hydrogen) atoms. The predicted molar refractivity (Wildman–Crippen MR) is 93.4 cm³/mol. The molecule has 0 saturated carbocycles. The maximum absolute atomic E-state index is 5.72. The third-order valence-corrected chi connectivity index (χ3v) is 5.33. The summed E-state index contributed by atoms with van der Waals surface area (Å²) in [6.45, 7) is 6.55. The number of morpholine rings is 2. The van der Waals surface area contributed by atoms with Gasteiger partial charge in [0.1, 0.15) is 11.6 Å². The van der Waals surface area contributed by atoms with Crippen molar-refractivity contribution in [3.63, 3.8) is 0 Å². The van der Waals surface area contributed by atoms with Crippen molar-refractivity contribution in [2.24, 2.45) is 0 Å². The molecule has 4 heterocycles. The minimum Gasteiger partial charge on any atom is -0.378 e. The van der Waals surface area contributed by atoms with Gasteiger partial charge in [-0.25, -0.2) is 9.97 Å². The Kier molecular flexibility index (Phi) is 5.03. The highest BCUT2D eigenvalue weighted by Crippen LogP contribution is 2.26. The van der Waals surface area contributed by atoms with Crippen LogP contribution in [0.15, 0.2) is 29.8 Å². The molecule has 0 aliphatic carbocycles. The van der Waals surface area contributed by atoms with Crippen LogP contribution in [0.3, 0.4) is 0 Å². The second-order valence-electron chi connectivity index (χ2n) is 6.01. The summed E-state index contributed by atoms with van der Waals surface area (Å²) in [5.74, 6) is 1.85. The first kappa shape index (κ1) is 16.0. The second-order valence-corrected chi connectivity index (χ2v) is 7.05. The summed E-state index contributed by atoms with van der Waals surface area (Å²) in [6.07, 6.45) is 1.87. The van der Waals surface area contributed by atoms with Crippen molar-refractivity contribution in [3.05, 3.63) is 40.5 Å². The van der Waals surface area contributed by atoms with Crippen molar-refractivity contribution < 1.29 is 9.47 Å². The first-order valence-corrected chi connectivity index (χ1v) is 9.28. The Bertz CT molecular complexity index is 646. The number of aromatic nitrogens is 2. The molecule has 2 saturated heterocycles. The third kappa shape index (κ3) is 3.59. The molecular formula is C17H22N4O2S. The van der Waals surface area contributed by atoms with Gasteiger partial charge in [-0.15, -0.1) is 11.3 Å². The maximum Gasteiger partial charge on any atom is 0.150 e. The summed E-state index contributed by atoms with van der Waals surface area (Å²) in [7, 11) is 0. The van der Waals surface area contributed by atoms with E-state index < -0.39 is 0 Å². The van der Waals surface area contributed by atoms with E-state index in [0.29, 0.717) is 6.61 Å². The number of nitrogens with zero attached hydrogens (tertiary/aromatic N) is 4. The van der Waals surface area contributed by atoms with E-state index in [1.54, 1.807) is 11.3 Å². The molecule has 4 rings (SSSR count).